The second kappa shape index (κ2) is 6.44. The molecule has 0 saturated heterocycles. The van der Waals surface area contributed by atoms with Crippen LogP contribution in [0.15, 0.2) is 42.5 Å². The van der Waals surface area contributed by atoms with Crippen molar-refractivity contribution in [3.63, 3.8) is 0 Å². The monoisotopic (exact) mass is 337 g/mol. The highest BCUT2D eigenvalue weighted by atomic mass is 79.9. The summed E-state index contributed by atoms with van der Waals surface area (Å²) < 4.78 is 0. The van der Waals surface area contributed by atoms with Crippen molar-refractivity contribution in [2.24, 2.45) is 0 Å². The van der Waals surface area contributed by atoms with Crippen LogP contribution in [0.3, 0.4) is 0 Å². The number of benzene rings is 2. The summed E-state index contributed by atoms with van der Waals surface area (Å²) in [7, 11) is 2.10. The third-order valence-corrected chi connectivity index (χ3v) is 4.06. The Morgan fingerprint density at radius 1 is 1.16 bits per heavy atom. The Bertz CT molecular complexity index is 568. The van der Waals surface area contributed by atoms with E-state index in [0.717, 1.165) is 22.5 Å². The largest absolute Gasteiger partial charge is 0.370 e. The molecule has 0 aliphatic carbocycles. The van der Waals surface area contributed by atoms with Crippen molar-refractivity contribution in [1.29, 1.82) is 0 Å². The van der Waals surface area contributed by atoms with Gasteiger partial charge in [-0.2, -0.15) is 0 Å². The molecule has 0 aliphatic rings. The van der Waals surface area contributed by atoms with E-state index < -0.39 is 0 Å². The molecule has 0 aromatic heterocycles. The number of hydrogen-bond donors (Lipinski definition) is 0. The van der Waals surface area contributed by atoms with Crippen LogP contribution in [0.1, 0.15) is 16.7 Å². The number of hydrogen-bond acceptors (Lipinski definition) is 1. The lowest BCUT2D eigenvalue weighted by Gasteiger charge is -2.23. The van der Waals surface area contributed by atoms with E-state index in [-0.39, 0.29) is 0 Å². The van der Waals surface area contributed by atoms with Crippen molar-refractivity contribution >= 4 is 33.2 Å². The zero-order valence-electron chi connectivity index (χ0n) is 11.2. The summed E-state index contributed by atoms with van der Waals surface area (Å²) in [5.74, 6) is 0. The van der Waals surface area contributed by atoms with Crippen LogP contribution in [0.2, 0.25) is 5.02 Å². The Morgan fingerprint density at radius 2 is 1.89 bits per heavy atom. The molecule has 1 nitrogen and oxygen atoms in total. The van der Waals surface area contributed by atoms with Crippen LogP contribution in [0.4, 0.5) is 5.69 Å². The van der Waals surface area contributed by atoms with Crippen LogP contribution < -0.4 is 4.90 Å². The van der Waals surface area contributed by atoms with Gasteiger partial charge in [-0.15, -0.1) is 0 Å². The highest BCUT2D eigenvalue weighted by Gasteiger charge is 2.10. The molecule has 0 saturated carbocycles. The molecule has 0 unspecified atom stereocenters. The highest BCUT2D eigenvalue weighted by molar-refractivity contribution is 9.08. The number of alkyl halides is 1. The Labute approximate surface area is 128 Å². The smallest absolute Gasteiger partial charge is 0.0467 e. The maximum absolute atomic E-state index is 6.25. The Kier molecular flexibility index (Phi) is 4.89. The minimum atomic E-state index is 0.764. The Balaban J connectivity index is 2.25. The fourth-order valence-electron chi connectivity index (χ4n) is 2.21. The molecule has 3 heteroatoms. The molecule has 0 spiro atoms. The lowest BCUT2D eigenvalue weighted by atomic mass is 10.1. The first-order valence-corrected chi connectivity index (χ1v) is 7.72. The minimum absolute atomic E-state index is 0.764. The number of anilines is 1. The SMILES string of the molecule is Cc1cccc(CN(C)c2cccc(Cl)c2CBr)c1. The Morgan fingerprint density at radius 3 is 2.58 bits per heavy atom. The quantitative estimate of drug-likeness (QED) is 0.694. The van der Waals surface area contributed by atoms with E-state index in [2.05, 4.69) is 65.1 Å². The van der Waals surface area contributed by atoms with Gasteiger partial charge in [0, 0.05) is 35.2 Å². The zero-order chi connectivity index (χ0) is 13.8. The topological polar surface area (TPSA) is 3.24 Å². The second-order valence-corrected chi connectivity index (χ2v) is 5.68. The van der Waals surface area contributed by atoms with E-state index in [1.54, 1.807) is 0 Å². The standard InChI is InChI=1S/C16H17BrClN/c1-12-5-3-6-13(9-12)11-19(2)16-8-4-7-15(18)14(16)10-17/h3-9H,10-11H2,1-2H3. The van der Waals surface area contributed by atoms with Crippen molar-refractivity contribution < 1.29 is 0 Å². The van der Waals surface area contributed by atoms with Gasteiger partial charge >= 0.3 is 0 Å². The first-order chi connectivity index (χ1) is 9.11. The average molecular weight is 339 g/mol. The molecular formula is C16H17BrClN. The summed E-state index contributed by atoms with van der Waals surface area (Å²) in [6.45, 7) is 2.99. The molecule has 0 amide bonds. The third-order valence-electron chi connectivity index (χ3n) is 3.14. The summed E-state index contributed by atoms with van der Waals surface area (Å²) in [5.41, 5.74) is 4.91. The minimum Gasteiger partial charge on any atom is -0.370 e. The van der Waals surface area contributed by atoms with Crippen LogP contribution in [0.5, 0.6) is 0 Å². The van der Waals surface area contributed by atoms with Crippen LogP contribution >= 0.6 is 27.5 Å². The van der Waals surface area contributed by atoms with Crippen LogP contribution in [0, 0.1) is 6.92 Å². The molecule has 2 rings (SSSR count). The normalized spacial score (nSPS) is 10.5. The Hall–Kier alpha value is -0.990. The van der Waals surface area contributed by atoms with Crippen molar-refractivity contribution in [2.75, 3.05) is 11.9 Å². The molecule has 0 fully saturated rings. The summed E-state index contributed by atoms with van der Waals surface area (Å²) >= 11 is 9.76. The van der Waals surface area contributed by atoms with Gasteiger partial charge < -0.3 is 4.90 Å². The summed E-state index contributed by atoms with van der Waals surface area (Å²) in [6.07, 6.45) is 0. The van der Waals surface area contributed by atoms with Gasteiger partial charge in [0.1, 0.15) is 0 Å². The molecule has 2 aromatic rings. The van der Waals surface area contributed by atoms with E-state index in [0.29, 0.717) is 0 Å². The van der Waals surface area contributed by atoms with Gasteiger partial charge in [0.15, 0.2) is 0 Å². The van der Waals surface area contributed by atoms with Gasteiger partial charge in [-0.1, -0.05) is 63.4 Å². The van der Waals surface area contributed by atoms with Crippen molar-refractivity contribution in [3.05, 3.63) is 64.2 Å². The highest BCUT2D eigenvalue weighted by Crippen LogP contribution is 2.29. The van der Waals surface area contributed by atoms with E-state index in [1.165, 1.54) is 16.8 Å². The molecule has 100 valence electrons. The molecule has 0 N–H and O–H groups in total. The van der Waals surface area contributed by atoms with E-state index in [9.17, 15) is 0 Å². The van der Waals surface area contributed by atoms with Gasteiger partial charge in [0.2, 0.25) is 0 Å². The number of halogens is 2. The van der Waals surface area contributed by atoms with Gasteiger partial charge in [0.05, 0.1) is 0 Å². The second-order valence-electron chi connectivity index (χ2n) is 4.72. The van der Waals surface area contributed by atoms with E-state index in [4.69, 9.17) is 11.6 Å². The van der Waals surface area contributed by atoms with Gasteiger partial charge in [-0.3, -0.25) is 0 Å². The molecule has 2 aromatic carbocycles. The number of aryl methyl sites for hydroxylation is 1. The summed E-state index contributed by atoms with van der Waals surface area (Å²) in [5, 5.41) is 1.57. The van der Waals surface area contributed by atoms with Gasteiger partial charge in [-0.05, 0) is 24.6 Å². The molecule has 0 heterocycles. The van der Waals surface area contributed by atoms with Gasteiger partial charge in [0.25, 0.3) is 0 Å². The zero-order valence-corrected chi connectivity index (χ0v) is 13.5. The van der Waals surface area contributed by atoms with Crippen LogP contribution in [-0.4, -0.2) is 7.05 Å². The summed E-state index contributed by atoms with van der Waals surface area (Å²) in [4.78, 5) is 2.23. The first kappa shape index (κ1) is 14.4. The van der Waals surface area contributed by atoms with E-state index >= 15 is 0 Å². The molecular weight excluding hydrogens is 322 g/mol. The van der Waals surface area contributed by atoms with Crippen LogP contribution in [0.25, 0.3) is 0 Å². The fourth-order valence-corrected chi connectivity index (χ4v) is 3.19. The van der Waals surface area contributed by atoms with Gasteiger partial charge in [-0.25, -0.2) is 0 Å². The first-order valence-electron chi connectivity index (χ1n) is 6.22. The van der Waals surface area contributed by atoms with E-state index in [1.807, 2.05) is 12.1 Å². The maximum atomic E-state index is 6.25. The molecule has 0 bridgehead atoms. The lowest BCUT2D eigenvalue weighted by Crippen LogP contribution is -2.18. The molecule has 0 atom stereocenters. The molecule has 0 radical (unpaired) electrons. The van der Waals surface area contributed by atoms with Crippen molar-refractivity contribution in [3.8, 4) is 0 Å². The number of rotatable bonds is 4. The average Bonchev–Trinajstić information content (AvgIpc) is 2.38. The predicted octanol–water partition coefficient (Wildman–Crippen LogP) is 5.18. The van der Waals surface area contributed by atoms with Crippen molar-refractivity contribution in [1.82, 2.24) is 0 Å². The molecule has 0 aliphatic heterocycles. The maximum Gasteiger partial charge on any atom is 0.0467 e. The lowest BCUT2D eigenvalue weighted by molar-refractivity contribution is 0.915. The van der Waals surface area contributed by atoms with Crippen LogP contribution in [-0.2, 0) is 11.9 Å². The van der Waals surface area contributed by atoms with Crippen molar-refractivity contribution in [2.45, 2.75) is 18.8 Å². The molecule has 19 heavy (non-hydrogen) atoms. The predicted molar refractivity (Wildman–Crippen MR) is 87.4 cm³/mol. The third kappa shape index (κ3) is 3.52. The summed E-state index contributed by atoms with van der Waals surface area (Å²) in [6, 6.07) is 14.6. The number of nitrogens with zero attached hydrogens (tertiary/aromatic N) is 1. The fraction of sp³-hybridized carbons (Fsp3) is 0.250.